The molecule has 0 radical (unpaired) electrons. The number of ether oxygens (including phenoxy) is 1. The third kappa shape index (κ3) is 2.70. The number of nitrogens with zero attached hydrogens (tertiary/aromatic N) is 2. The molecule has 0 saturated heterocycles. The van der Waals surface area contributed by atoms with Gasteiger partial charge in [0, 0.05) is 18.3 Å². The molecule has 0 amide bonds. The maximum Gasteiger partial charge on any atom is 0.288 e. The zero-order valence-corrected chi connectivity index (χ0v) is 9.29. The van der Waals surface area contributed by atoms with Crippen LogP contribution in [0.1, 0.15) is 0 Å². The second kappa shape index (κ2) is 4.80. The average molecular weight is 251 g/mol. The van der Waals surface area contributed by atoms with Crippen molar-refractivity contribution in [1.82, 2.24) is 4.98 Å². The Morgan fingerprint density at radius 1 is 1.29 bits per heavy atom. The van der Waals surface area contributed by atoms with Crippen molar-refractivity contribution >= 4 is 17.3 Å². The summed E-state index contributed by atoms with van der Waals surface area (Å²) in [5.41, 5.74) is -0.148. The highest BCUT2D eigenvalue weighted by Crippen LogP contribution is 2.30. The quantitative estimate of drug-likeness (QED) is 0.618. The van der Waals surface area contributed by atoms with Gasteiger partial charge in [0.2, 0.25) is 0 Å². The summed E-state index contributed by atoms with van der Waals surface area (Å²) in [6, 6.07) is 7.63. The SMILES string of the molecule is O=[N+]([O-])c1ccc(Oc2cccnc2)cc1Cl. The van der Waals surface area contributed by atoms with E-state index in [-0.39, 0.29) is 10.7 Å². The largest absolute Gasteiger partial charge is 0.456 e. The average Bonchev–Trinajstić information content (AvgIpc) is 2.30. The van der Waals surface area contributed by atoms with Crippen molar-refractivity contribution in [1.29, 1.82) is 0 Å². The highest BCUT2D eigenvalue weighted by Gasteiger charge is 2.12. The van der Waals surface area contributed by atoms with Crippen LogP contribution in [0.15, 0.2) is 42.7 Å². The fourth-order valence-corrected chi connectivity index (χ4v) is 1.48. The molecule has 0 fully saturated rings. The molecule has 0 N–H and O–H groups in total. The highest BCUT2D eigenvalue weighted by molar-refractivity contribution is 6.32. The summed E-state index contributed by atoms with van der Waals surface area (Å²) in [6.07, 6.45) is 3.16. The van der Waals surface area contributed by atoms with Gasteiger partial charge in [0.25, 0.3) is 5.69 Å². The van der Waals surface area contributed by atoms with Gasteiger partial charge < -0.3 is 4.74 Å². The Labute approximate surface area is 102 Å². The topological polar surface area (TPSA) is 65.3 Å². The summed E-state index contributed by atoms with van der Waals surface area (Å²) in [5, 5.41) is 10.6. The van der Waals surface area contributed by atoms with Crippen LogP contribution in [-0.4, -0.2) is 9.91 Å². The lowest BCUT2D eigenvalue weighted by atomic mass is 10.3. The lowest BCUT2D eigenvalue weighted by Gasteiger charge is -2.05. The normalized spacial score (nSPS) is 9.94. The van der Waals surface area contributed by atoms with E-state index in [9.17, 15) is 10.1 Å². The van der Waals surface area contributed by atoms with E-state index < -0.39 is 4.92 Å². The molecule has 0 unspecified atom stereocenters. The van der Waals surface area contributed by atoms with Gasteiger partial charge in [-0.2, -0.15) is 0 Å². The van der Waals surface area contributed by atoms with Gasteiger partial charge in [0.1, 0.15) is 16.5 Å². The van der Waals surface area contributed by atoms with Crippen LogP contribution >= 0.6 is 11.6 Å². The van der Waals surface area contributed by atoms with Gasteiger partial charge in [-0.3, -0.25) is 15.1 Å². The van der Waals surface area contributed by atoms with Crippen molar-refractivity contribution in [2.75, 3.05) is 0 Å². The number of halogens is 1. The maximum absolute atomic E-state index is 10.6. The van der Waals surface area contributed by atoms with E-state index >= 15 is 0 Å². The molecule has 86 valence electrons. The lowest BCUT2D eigenvalue weighted by molar-refractivity contribution is -0.384. The monoisotopic (exact) mass is 250 g/mol. The minimum atomic E-state index is -0.545. The Morgan fingerprint density at radius 3 is 2.71 bits per heavy atom. The van der Waals surface area contributed by atoms with Crippen molar-refractivity contribution in [3.63, 3.8) is 0 Å². The van der Waals surface area contributed by atoms with E-state index in [2.05, 4.69) is 4.98 Å². The van der Waals surface area contributed by atoms with E-state index in [0.717, 1.165) is 0 Å². The Morgan fingerprint density at radius 2 is 2.12 bits per heavy atom. The first kappa shape index (κ1) is 11.3. The Balaban J connectivity index is 2.24. The molecule has 1 heterocycles. The number of nitro benzene ring substituents is 1. The molecule has 0 aliphatic rings. The first-order valence-corrected chi connectivity index (χ1v) is 5.06. The predicted octanol–water partition coefficient (Wildman–Crippen LogP) is 3.44. The van der Waals surface area contributed by atoms with Crippen LogP contribution in [0.3, 0.4) is 0 Å². The molecule has 5 nitrogen and oxygen atoms in total. The number of pyridine rings is 1. The summed E-state index contributed by atoms with van der Waals surface area (Å²) in [6.45, 7) is 0. The Kier molecular flexibility index (Phi) is 3.20. The molecule has 0 saturated carbocycles. The van der Waals surface area contributed by atoms with Crippen LogP contribution in [0.25, 0.3) is 0 Å². The van der Waals surface area contributed by atoms with Crippen molar-refractivity contribution in [3.8, 4) is 11.5 Å². The van der Waals surface area contributed by atoms with Crippen LogP contribution in [0.4, 0.5) is 5.69 Å². The predicted molar refractivity (Wildman–Crippen MR) is 62.4 cm³/mol. The molecule has 1 aromatic carbocycles. The minimum absolute atomic E-state index is 0.0383. The van der Waals surface area contributed by atoms with Crippen molar-refractivity contribution in [2.45, 2.75) is 0 Å². The van der Waals surface area contributed by atoms with Gasteiger partial charge in [-0.25, -0.2) is 0 Å². The van der Waals surface area contributed by atoms with E-state index in [0.29, 0.717) is 11.5 Å². The lowest BCUT2D eigenvalue weighted by Crippen LogP contribution is -1.90. The molecular formula is C11H7ClN2O3. The second-order valence-electron chi connectivity index (χ2n) is 3.16. The van der Waals surface area contributed by atoms with E-state index in [1.807, 2.05) is 0 Å². The van der Waals surface area contributed by atoms with E-state index in [1.54, 1.807) is 18.3 Å². The molecule has 0 aliphatic carbocycles. The zero-order valence-electron chi connectivity index (χ0n) is 8.54. The fourth-order valence-electron chi connectivity index (χ4n) is 1.24. The van der Waals surface area contributed by atoms with E-state index in [1.165, 1.54) is 24.4 Å². The van der Waals surface area contributed by atoms with Gasteiger partial charge in [-0.05, 0) is 18.2 Å². The zero-order chi connectivity index (χ0) is 12.3. The summed E-state index contributed by atoms with van der Waals surface area (Å²) < 4.78 is 5.42. The standard InChI is InChI=1S/C11H7ClN2O3/c12-10-6-8(3-4-11(10)14(15)16)17-9-2-1-5-13-7-9/h1-7H. The number of hydrogen-bond acceptors (Lipinski definition) is 4. The summed E-state index contributed by atoms with van der Waals surface area (Å²) >= 11 is 5.75. The van der Waals surface area contributed by atoms with Gasteiger partial charge in [-0.1, -0.05) is 11.6 Å². The number of nitro groups is 1. The fraction of sp³-hybridized carbons (Fsp3) is 0. The molecule has 17 heavy (non-hydrogen) atoms. The molecule has 0 spiro atoms. The molecule has 0 bridgehead atoms. The highest BCUT2D eigenvalue weighted by atomic mass is 35.5. The number of hydrogen-bond donors (Lipinski definition) is 0. The van der Waals surface area contributed by atoms with Crippen molar-refractivity contribution in [2.24, 2.45) is 0 Å². The minimum Gasteiger partial charge on any atom is -0.456 e. The van der Waals surface area contributed by atoms with Crippen LogP contribution in [0, 0.1) is 10.1 Å². The van der Waals surface area contributed by atoms with Crippen LogP contribution in [-0.2, 0) is 0 Å². The first-order chi connectivity index (χ1) is 8.16. The van der Waals surface area contributed by atoms with E-state index in [4.69, 9.17) is 16.3 Å². The molecule has 6 heteroatoms. The van der Waals surface area contributed by atoms with Gasteiger partial charge in [0.05, 0.1) is 11.1 Å². The van der Waals surface area contributed by atoms with Crippen LogP contribution < -0.4 is 4.74 Å². The molecule has 1 aromatic heterocycles. The molecule has 2 rings (SSSR count). The maximum atomic E-state index is 10.6. The molecule has 2 aromatic rings. The number of aromatic nitrogens is 1. The van der Waals surface area contributed by atoms with Gasteiger partial charge in [0.15, 0.2) is 0 Å². The first-order valence-electron chi connectivity index (χ1n) is 4.68. The third-order valence-electron chi connectivity index (χ3n) is 1.99. The molecular weight excluding hydrogens is 244 g/mol. The third-order valence-corrected chi connectivity index (χ3v) is 2.29. The summed E-state index contributed by atoms with van der Waals surface area (Å²) in [4.78, 5) is 13.9. The summed E-state index contributed by atoms with van der Waals surface area (Å²) in [7, 11) is 0. The molecule has 0 atom stereocenters. The second-order valence-corrected chi connectivity index (χ2v) is 3.57. The van der Waals surface area contributed by atoms with Crippen LogP contribution in [0.5, 0.6) is 11.5 Å². The van der Waals surface area contributed by atoms with Gasteiger partial charge >= 0.3 is 0 Å². The smallest absolute Gasteiger partial charge is 0.288 e. The van der Waals surface area contributed by atoms with Crippen molar-refractivity contribution in [3.05, 3.63) is 57.9 Å². The van der Waals surface area contributed by atoms with Gasteiger partial charge in [-0.15, -0.1) is 0 Å². The van der Waals surface area contributed by atoms with Crippen molar-refractivity contribution < 1.29 is 9.66 Å². The Hall–Kier alpha value is -2.14. The summed E-state index contributed by atoms with van der Waals surface area (Å²) in [5.74, 6) is 0.964. The van der Waals surface area contributed by atoms with Crippen LogP contribution in [0.2, 0.25) is 5.02 Å². The number of benzene rings is 1. The number of rotatable bonds is 3. The Bertz CT molecular complexity index is 546. The molecule has 0 aliphatic heterocycles.